The lowest BCUT2D eigenvalue weighted by molar-refractivity contribution is -0.121. The first kappa shape index (κ1) is 8.05. The van der Waals surface area contributed by atoms with E-state index >= 15 is 0 Å². The molecule has 0 amide bonds. The fraction of sp³-hybridized carbons (Fsp3) is 0.182. The van der Waals surface area contributed by atoms with E-state index in [0.717, 1.165) is 11.3 Å². The molecule has 1 heterocycles. The Morgan fingerprint density at radius 1 is 1.38 bits per heavy atom. The van der Waals surface area contributed by atoms with Crippen LogP contribution in [0.15, 0.2) is 30.3 Å². The molecular formula is C11H10O2. The Morgan fingerprint density at radius 2 is 2.15 bits per heavy atom. The molecule has 0 fully saturated rings. The van der Waals surface area contributed by atoms with Gasteiger partial charge in [-0.15, -0.1) is 0 Å². The second-order valence-electron chi connectivity index (χ2n) is 3.05. The predicted octanol–water partition coefficient (Wildman–Crippen LogP) is 2.05. The molecule has 0 bridgehead atoms. The fourth-order valence-corrected chi connectivity index (χ4v) is 1.31. The highest BCUT2D eigenvalue weighted by Crippen LogP contribution is 2.25. The summed E-state index contributed by atoms with van der Waals surface area (Å²) in [5, 5.41) is 0. The van der Waals surface area contributed by atoms with Gasteiger partial charge in [-0.2, -0.15) is 0 Å². The van der Waals surface area contributed by atoms with E-state index in [1.165, 1.54) is 6.92 Å². The van der Waals surface area contributed by atoms with Gasteiger partial charge in [-0.1, -0.05) is 24.3 Å². The van der Waals surface area contributed by atoms with Crippen molar-refractivity contribution in [2.45, 2.75) is 13.0 Å². The quantitative estimate of drug-likeness (QED) is 0.651. The minimum Gasteiger partial charge on any atom is -0.478 e. The van der Waals surface area contributed by atoms with Crippen LogP contribution in [0.4, 0.5) is 0 Å². The lowest BCUT2D eigenvalue weighted by Crippen LogP contribution is -2.24. The molecule has 2 nitrogen and oxygen atoms in total. The number of hydrogen-bond donors (Lipinski definition) is 0. The van der Waals surface area contributed by atoms with Gasteiger partial charge in [0.1, 0.15) is 5.75 Å². The number of fused-ring (bicyclic) bond motifs is 1. The minimum atomic E-state index is -0.408. The largest absolute Gasteiger partial charge is 0.478 e. The number of ketones is 1. The zero-order chi connectivity index (χ0) is 9.26. The van der Waals surface area contributed by atoms with Crippen molar-refractivity contribution >= 4 is 11.9 Å². The minimum absolute atomic E-state index is 0.0331. The second-order valence-corrected chi connectivity index (χ2v) is 3.05. The summed E-state index contributed by atoms with van der Waals surface area (Å²) in [6, 6.07) is 7.67. The molecule has 66 valence electrons. The molecule has 1 aliphatic rings. The van der Waals surface area contributed by atoms with Gasteiger partial charge in [0.2, 0.25) is 0 Å². The molecule has 2 rings (SSSR count). The summed E-state index contributed by atoms with van der Waals surface area (Å²) in [4.78, 5) is 11.0. The van der Waals surface area contributed by atoms with Crippen LogP contribution >= 0.6 is 0 Å². The monoisotopic (exact) mass is 174 g/mol. The Balaban J connectivity index is 2.34. The maximum atomic E-state index is 11.0. The van der Waals surface area contributed by atoms with Crippen molar-refractivity contribution in [3.8, 4) is 5.75 Å². The van der Waals surface area contributed by atoms with Crippen molar-refractivity contribution < 1.29 is 9.53 Å². The van der Waals surface area contributed by atoms with Crippen molar-refractivity contribution in [2.24, 2.45) is 0 Å². The number of carbonyl (C=O) groups is 1. The molecule has 0 radical (unpaired) electrons. The highest BCUT2D eigenvalue weighted by atomic mass is 16.5. The third-order valence-corrected chi connectivity index (χ3v) is 2.02. The van der Waals surface area contributed by atoms with Crippen LogP contribution in [0.1, 0.15) is 12.5 Å². The lowest BCUT2D eigenvalue weighted by Gasteiger charge is -2.18. The number of ether oxygens (including phenoxy) is 1. The van der Waals surface area contributed by atoms with Gasteiger partial charge in [-0.3, -0.25) is 4.79 Å². The summed E-state index contributed by atoms with van der Waals surface area (Å²) in [6.45, 7) is 1.53. The highest BCUT2D eigenvalue weighted by Gasteiger charge is 2.17. The first-order chi connectivity index (χ1) is 6.27. The highest BCUT2D eigenvalue weighted by molar-refractivity contribution is 5.85. The maximum Gasteiger partial charge on any atom is 0.175 e. The van der Waals surface area contributed by atoms with Crippen molar-refractivity contribution in [1.29, 1.82) is 0 Å². The molecule has 13 heavy (non-hydrogen) atoms. The van der Waals surface area contributed by atoms with Crippen LogP contribution in [-0.4, -0.2) is 11.9 Å². The Labute approximate surface area is 76.8 Å². The van der Waals surface area contributed by atoms with Crippen molar-refractivity contribution in [3.63, 3.8) is 0 Å². The SMILES string of the molecule is CC(=O)C1C=Cc2ccccc2O1. The summed E-state index contributed by atoms with van der Waals surface area (Å²) < 4.78 is 5.46. The molecule has 1 unspecified atom stereocenters. The topological polar surface area (TPSA) is 26.3 Å². The van der Waals surface area contributed by atoms with Crippen LogP contribution in [-0.2, 0) is 4.79 Å². The molecule has 1 atom stereocenters. The van der Waals surface area contributed by atoms with Crippen LogP contribution in [0.25, 0.3) is 6.08 Å². The molecule has 0 aliphatic carbocycles. The number of Topliss-reactive ketones (excluding diaryl/α,β-unsaturated/α-hetero) is 1. The molecule has 1 aromatic rings. The van der Waals surface area contributed by atoms with Crippen LogP contribution in [0.5, 0.6) is 5.75 Å². The molecule has 1 aromatic carbocycles. The van der Waals surface area contributed by atoms with Crippen molar-refractivity contribution in [3.05, 3.63) is 35.9 Å². The summed E-state index contributed by atoms with van der Waals surface area (Å²) in [5.74, 6) is 0.816. The smallest absolute Gasteiger partial charge is 0.175 e. The van der Waals surface area contributed by atoms with Crippen LogP contribution in [0.2, 0.25) is 0 Å². The Bertz CT molecular complexity index is 366. The van der Waals surface area contributed by atoms with E-state index in [-0.39, 0.29) is 5.78 Å². The van der Waals surface area contributed by atoms with E-state index in [2.05, 4.69) is 0 Å². The number of para-hydroxylation sites is 1. The van der Waals surface area contributed by atoms with E-state index in [4.69, 9.17) is 4.74 Å². The van der Waals surface area contributed by atoms with Gasteiger partial charge in [0, 0.05) is 5.56 Å². The van der Waals surface area contributed by atoms with Gasteiger partial charge in [0.25, 0.3) is 0 Å². The van der Waals surface area contributed by atoms with Crippen LogP contribution in [0, 0.1) is 0 Å². The third kappa shape index (κ3) is 1.47. The molecule has 0 N–H and O–H groups in total. The fourth-order valence-electron chi connectivity index (χ4n) is 1.31. The molecule has 0 spiro atoms. The van der Waals surface area contributed by atoms with E-state index in [9.17, 15) is 4.79 Å². The van der Waals surface area contributed by atoms with Gasteiger partial charge >= 0.3 is 0 Å². The molecule has 0 saturated heterocycles. The van der Waals surface area contributed by atoms with E-state index in [0.29, 0.717) is 0 Å². The Hall–Kier alpha value is -1.57. The van der Waals surface area contributed by atoms with E-state index in [1.54, 1.807) is 6.08 Å². The molecule has 2 heteroatoms. The van der Waals surface area contributed by atoms with Crippen LogP contribution < -0.4 is 4.74 Å². The van der Waals surface area contributed by atoms with Gasteiger partial charge < -0.3 is 4.74 Å². The van der Waals surface area contributed by atoms with Crippen molar-refractivity contribution in [2.75, 3.05) is 0 Å². The predicted molar refractivity (Wildman–Crippen MR) is 50.6 cm³/mol. The molecular weight excluding hydrogens is 164 g/mol. The zero-order valence-electron chi connectivity index (χ0n) is 7.36. The number of rotatable bonds is 1. The normalized spacial score (nSPS) is 19.0. The van der Waals surface area contributed by atoms with Crippen LogP contribution in [0.3, 0.4) is 0 Å². The number of benzene rings is 1. The third-order valence-electron chi connectivity index (χ3n) is 2.02. The summed E-state index contributed by atoms with van der Waals surface area (Å²) >= 11 is 0. The van der Waals surface area contributed by atoms with Gasteiger partial charge in [-0.05, 0) is 19.1 Å². The maximum absolute atomic E-state index is 11.0. The van der Waals surface area contributed by atoms with Gasteiger partial charge in [0.15, 0.2) is 11.9 Å². The standard InChI is InChI=1S/C11H10O2/c1-8(12)10-7-6-9-4-2-3-5-11(9)13-10/h2-7,10H,1H3. The Morgan fingerprint density at radius 3 is 2.92 bits per heavy atom. The second kappa shape index (κ2) is 3.05. The van der Waals surface area contributed by atoms with Crippen molar-refractivity contribution in [1.82, 2.24) is 0 Å². The van der Waals surface area contributed by atoms with E-state index < -0.39 is 6.10 Å². The summed E-state index contributed by atoms with van der Waals surface area (Å²) in [7, 11) is 0. The van der Waals surface area contributed by atoms with Gasteiger partial charge in [-0.25, -0.2) is 0 Å². The summed E-state index contributed by atoms with van der Waals surface area (Å²) in [6.07, 6.45) is 3.30. The average Bonchev–Trinajstić information content (AvgIpc) is 2.17. The Kier molecular flexibility index (Phi) is 1.89. The first-order valence-electron chi connectivity index (χ1n) is 4.22. The van der Waals surface area contributed by atoms with Gasteiger partial charge in [0.05, 0.1) is 0 Å². The number of carbonyl (C=O) groups excluding carboxylic acids is 1. The van der Waals surface area contributed by atoms with E-state index in [1.807, 2.05) is 30.3 Å². The molecule has 0 aromatic heterocycles. The zero-order valence-corrected chi connectivity index (χ0v) is 7.36. The molecule has 0 saturated carbocycles. The lowest BCUT2D eigenvalue weighted by atomic mass is 10.1. The molecule has 1 aliphatic heterocycles. The first-order valence-corrected chi connectivity index (χ1v) is 4.22. The average molecular weight is 174 g/mol. The number of hydrogen-bond acceptors (Lipinski definition) is 2. The summed E-state index contributed by atoms with van der Waals surface area (Å²) in [5.41, 5.74) is 1.03.